The van der Waals surface area contributed by atoms with E-state index in [1.54, 1.807) is 43.3 Å². The van der Waals surface area contributed by atoms with Gasteiger partial charge in [-0.05, 0) is 49.4 Å². The van der Waals surface area contributed by atoms with Gasteiger partial charge in [-0.3, -0.25) is 9.59 Å². The minimum absolute atomic E-state index is 0.195. The van der Waals surface area contributed by atoms with Gasteiger partial charge in [-0.15, -0.1) is 0 Å². The number of rotatable bonds is 4. The molecular weight excluding hydrogens is 347 g/mol. The first-order valence-electron chi connectivity index (χ1n) is 8.21. The summed E-state index contributed by atoms with van der Waals surface area (Å²) in [5, 5.41) is 5.42. The molecule has 0 bridgehead atoms. The zero-order valence-electron chi connectivity index (χ0n) is 14.8. The Morgan fingerprint density at radius 3 is 2.30 bits per heavy atom. The molecule has 1 aromatic heterocycles. The molecule has 3 rings (SSSR count). The van der Waals surface area contributed by atoms with Gasteiger partial charge in [-0.1, -0.05) is 6.07 Å². The number of benzene rings is 2. The van der Waals surface area contributed by atoms with E-state index in [9.17, 15) is 14.0 Å². The summed E-state index contributed by atoms with van der Waals surface area (Å²) < 4.78 is 13.0. The van der Waals surface area contributed by atoms with Gasteiger partial charge < -0.3 is 10.6 Å². The average Bonchev–Trinajstić information content (AvgIpc) is 2.62. The summed E-state index contributed by atoms with van der Waals surface area (Å²) in [6, 6.07) is 12.6. The number of hydrogen-bond donors (Lipinski definition) is 2. The van der Waals surface area contributed by atoms with E-state index in [1.807, 2.05) is 0 Å². The molecule has 0 saturated carbocycles. The Morgan fingerprint density at radius 2 is 1.67 bits per heavy atom. The molecule has 0 unspecified atom stereocenters. The Hall–Kier alpha value is -3.61. The summed E-state index contributed by atoms with van der Waals surface area (Å²) in [6.45, 7) is 3.12. The number of aromatic nitrogens is 2. The number of amides is 2. The first-order chi connectivity index (χ1) is 12.9. The Balaban J connectivity index is 1.79. The van der Waals surface area contributed by atoms with E-state index in [4.69, 9.17) is 0 Å². The lowest BCUT2D eigenvalue weighted by molar-refractivity contribution is -0.114. The average molecular weight is 364 g/mol. The minimum Gasteiger partial charge on any atom is -0.326 e. The zero-order valence-corrected chi connectivity index (χ0v) is 14.8. The number of hydrogen-bond acceptors (Lipinski definition) is 4. The highest BCUT2D eigenvalue weighted by Crippen LogP contribution is 2.19. The van der Waals surface area contributed by atoms with Gasteiger partial charge in [0.15, 0.2) is 5.82 Å². The lowest BCUT2D eigenvalue weighted by Crippen LogP contribution is -2.15. The quantitative estimate of drug-likeness (QED) is 0.737. The van der Waals surface area contributed by atoms with E-state index in [0.29, 0.717) is 34.0 Å². The Labute approximate surface area is 155 Å². The maximum atomic E-state index is 13.0. The number of carbonyl (C=O) groups is 2. The van der Waals surface area contributed by atoms with Crippen molar-refractivity contribution in [3.8, 4) is 11.4 Å². The van der Waals surface area contributed by atoms with Gasteiger partial charge >= 0.3 is 0 Å². The number of carbonyl (C=O) groups excluding carboxylic acids is 2. The van der Waals surface area contributed by atoms with Crippen LogP contribution in [0.5, 0.6) is 0 Å². The second kappa shape index (κ2) is 7.74. The molecule has 3 aromatic rings. The van der Waals surface area contributed by atoms with Crippen molar-refractivity contribution in [3.05, 3.63) is 71.8 Å². The summed E-state index contributed by atoms with van der Waals surface area (Å²) >= 11 is 0. The van der Waals surface area contributed by atoms with E-state index in [1.165, 1.54) is 25.3 Å². The molecule has 2 aromatic carbocycles. The molecule has 27 heavy (non-hydrogen) atoms. The van der Waals surface area contributed by atoms with E-state index in [2.05, 4.69) is 20.6 Å². The highest BCUT2D eigenvalue weighted by molar-refractivity contribution is 6.05. The number of nitrogens with zero attached hydrogens (tertiary/aromatic N) is 2. The lowest BCUT2D eigenvalue weighted by atomic mass is 10.1. The second-order valence-corrected chi connectivity index (χ2v) is 5.92. The molecule has 0 radical (unpaired) electrons. The molecule has 0 aliphatic heterocycles. The van der Waals surface area contributed by atoms with Gasteiger partial charge in [0.1, 0.15) is 5.82 Å². The van der Waals surface area contributed by atoms with Gasteiger partial charge in [-0.25, -0.2) is 14.4 Å². The Morgan fingerprint density at radius 1 is 1.00 bits per heavy atom. The van der Waals surface area contributed by atoms with E-state index in [-0.39, 0.29) is 17.6 Å². The molecule has 2 N–H and O–H groups in total. The SMILES string of the molecule is CC(=O)Nc1cccc(NC(=O)c2cnc(-c3ccc(F)cc3)nc2C)c1. The molecule has 7 heteroatoms. The standard InChI is InChI=1S/C20H17FN4O2/c1-12-18(11-22-19(23-12)14-6-8-15(21)9-7-14)20(27)25-17-5-3-4-16(10-17)24-13(2)26/h3-11H,1-2H3,(H,24,26)(H,25,27). The fourth-order valence-electron chi connectivity index (χ4n) is 2.50. The monoisotopic (exact) mass is 364 g/mol. The van der Waals surface area contributed by atoms with Gasteiger partial charge in [-0.2, -0.15) is 0 Å². The normalized spacial score (nSPS) is 10.3. The van der Waals surface area contributed by atoms with Crippen molar-refractivity contribution in [3.63, 3.8) is 0 Å². The summed E-state index contributed by atoms with van der Waals surface area (Å²) in [5.41, 5.74) is 2.60. The van der Waals surface area contributed by atoms with Gasteiger partial charge in [0.2, 0.25) is 5.91 Å². The van der Waals surface area contributed by atoms with Crippen LogP contribution in [0, 0.1) is 12.7 Å². The minimum atomic E-state index is -0.363. The maximum absolute atomic E-state index is 13.0. The largest absolute Gasteiger partial charge is 0.326 e. The van der Waals surface area contributed by atoms with E-state index in [0.717, 1.165) is 0 Å². The first-order valence-corrected chi connectivity index (χ1v) is 8.21. The van der Waals surface area contributed by atoms with Crippen LogP contribution in [-0.2, 0) is 4.79 Å². The molecule has 136 valence electrons. The van der Waals surface area contributed by atoms with E-state index < -0.39 is 0 Å². The Kier molecular flexibility index (Phi) is 5.21. The maximum Gasteiger partial charge on any atom is 0.259 e. The van der Waals surface area contributed by atoms with Crippen molar-refractivity contribution in [1.82, 2.24) is 9.97 Å². The number of nitrogens with one attached hydrogen (secondary N) is 2. The van der Waals surface area contributed by atoms with Gasteiger partial charge in [0, 0.05) is 30.1 Å². The topological polar surface area (TPSA) is 84.0 Å². The van der Waals surface area contributed by atoms with Crippen LogP contribution < -0.4 is 10.6 Å². The van der Waals surface area contributed by atoms with Crippen molar-refractivity contribution in [2.24, 2.45) is 0 Å². The molecular formula is C20H17FN4O2. The summed E-state index contributed by atoms with van der Waals surface area (Å²) in [4.78, 5) is 32.2. The number of anilines is 2. The third-order valence-corrected chi connectivity index (χ3v) is 3.77. The molecule has 0 spiro atoms. The van der Waals surface area contributed by atoms with Crippen LogP contribution in [0.3, 0.4) is 0 Å². The molecule has 0 fully saturated rings. The molecule has 0 aliphatic rings. The summed E-state index contributed by atoms with van der Waals surface area (Å²) in [7, 11) is 0. The third kappa shape index (κ3) is 4.52. The first kappa shape index (κ1) is 18.2. The van der Waals surface area contributed by atoms with Crippen LogP contribution in [0.25, 0.3) is 11.4 Å². The Bertz CT molecular complexity index is 1000. The fraction of sp³-hybridized carbons (Fsp3) is 0.100. The van der Waals surface area contributed by atoms with Crippen LogP contribution in [-0.4, -0.2) is 21.8 Å². The highest BCUT2D eigenvalue weighted by atomic mass is 19.1. The van der Waals surface area contributed by atoms with Crippen LogP contribution in [0.15, 0.2) is 54.7 Å². The lowest BCUT2D eigenvalue weighted by Gasteiger charge is -2.10. The highest BCUT2D eigenvalue weighted by Gasteiger charge is 2.13. The van der Waals surface area contributed by atoms with Crippen LogP contribution in [0.2, 0.25) is 0 Å². The van der Waals surface area contributed by atoms with Crippen LogP contribution >= 0.6 is 0 Å². The fourth-order valence-corrected chi connectivity index (χ4v) is 2.50. The molecule has 0 aliphatic carbocycles. The molecule has 2 amide bonds. The smallest absolute Gasteiger partial charge is 0.259 e. The molecule has 1 heterocycles. The van der Waals surface area contributed by atoms with Crippen LogP contribution in [0.1, 0.15) is 23.0 Å². The van der Waals surface area contributed by atoms with Crippen molar-refractivity contribution >= 4 is 23.2 Å². The van der Waals surface area contributed by atoms with Crippen molar-refractivity contribution in [1.29, 1.82) is 0 Å². The molecule has 0 atom stereocenters. The number of aryl methyl sites for hydroxylation is 1. The van der Waals surface area contributed by atoms with Crippen molar-refractivity contribution < 1.29 is 14.0 Å². The van der Waals surface area contributed by atoms with Crippen molar-refractivity contribution in [2.75, 3.05) is 10.6 Å². The second-order valence-electron chi connectivity index (χ2n) is 5.92. The van der Waals surface area contributed by atoms with Crippen molar-refractivity contribution in [2.45, 2.75) is 13.8 Å². The zero-order chi connectivity index (χ0) is 19.4. The summed E-state index contributed by atoms with van der Waals surface area (Å²) in [5.74, 6) is -0.484. The van der Waals surface area contributed by atoms with Gasteiger partial charge in [0.25, 0.3) is 5.91 Å². The third-order valence-electron chi connectivity index (χ3n) is 3.77. The number of halogens is 1. The molecule has 6 nitrogen and oxygen atoms in total. The predicted molar refractivity (Wildman–Crippen MR) is 101 cm³/mol. The molecule has 0 saturated heterocycles. The van der Waals surface area contributed by atoms with Crippen LogP contribution in [0.4, 0.5) is 15.8 Å². The van der Waals surface area contributed by atoms with E-state index >= 15 is 0 Å². The van der Waals surface area contributed by atoms with Gasteiger partial charge in [0.05, 0.1) is 11.3 Å². The summed E-state index contributed by atoms with van der Waals surface area (Å²) in [6.07, 6.45) is 1.44. The predicted octanol–water partition coefficient (Wildman–Crippen LogP) is 3.80.